The van der Waals surface area contributed by atoms with Crippen LogP contribution in [0.5, 0.6) is 0 Å². The lowest BCUT2D eigenvalue weighted by Crippen LogP contribution is -2.61. The van der Waals surface area contributed by atoms with Gasteiger partial charge in [0.15, 0.2) is 0 Å². The van der Waals surface area contributed by atoms with E-state index in [-0.39, 0.29) is 24.7 Å². The summed E-state index contributed by atoms with van der Waals surface area (Å²) < 4.78 is 28.8. The number of aliphatic hydroxyl groups excluding tert-OH is 1. The van der Waals surface area contributed by atoms with Gasteiger partial charge in [0.1, 0.15) is 42.3 Å². The summed E-state index contributed by atoms with van der Waals surface area (Å²) in [6.07, 6.45) is 2.19. The summed E-state index contributed by atoms with van der Waals surface area (Å²) in [5.41, 5.74) is 5.96. The van der Waals surface area contributed by atoms with Gasteiger partial charge in [0.2, 0.25) is 35.4 Å². The van der Waals surface area contributed by atoms with Crippen molar-refractivity contribution in [1.82, 2.24) is 46.3 Å². The topological polar surface area (TPSA) is 332 Å². The Morgan fingerprint density at radius 3 is 1.93 bits per heavy atom. The van der Waals surface area contributed by atoms with Crippen LogP contribution in [-0.2, 0) is 63.3 Å². The summed E-state index contributed by atoms with van der Waals surface area (Å²) >= 11 is 0. The van der Waals surface area contributed by atoms with Gasteiger partial charge in [0, 0.05) is 31.8 Å². The molecule has 10 N–H and O–H groups in total. The highest BCUT2D eigenvalue weighted by Crippen LogP contribution is 2.41. The largest absolute Gasteiger partial charge is 0.468 e. The number of nitrogens with one attached hydrogen (secondary N) is 7. The van der Waals surface area contributed by atoms with Gasteiger partial charge in [-0.25, -0.2) is 15.2 Å². The lowest BCUT2D eigenvalue weighted by Gasteiger charge is -2.31. The van der Waals surface area contributed by atoms with Crippen LogP contribution in [0.3, 0.4) is 0 Å². The molecule has 1 fully saturated rings. The molecule has 24 heteroatoms. The Kier molecular flexibility index (Phi) is 19.4. The maximum atomic E-state index is 13.9. The molecule has 2 heterocycles. The number of aromatic nitrogens is 2. The van der Waals surface area contributed by atoms with Gasteiger partial charge in [-0.15, -0.1) is 0 Å². The standard InChI is InChI=1S/C34H57N10O13P/c1-17(2)12-23(39-32(51)26-10-9-11-44(26)21(6)46)29(48)38-24(13-22-14-36-16-37-22)30(49)40-25(15-45)31(50)41-27(28(35)47)20(5)57-58(54,42-18(3)33(52)55-7)43-19(4)34(53)56-8/h14,16-20,23-27,45H,9-13,15H2,1-8H3,(H2,35,47)(H,36,37)(H,38,48)(H,39,51)(H,40,49)(H,41,50)(H2,42,43,54)/t18-,19-,20+,23-,24-,25-,26-,27-/m0/s1. The number of nitrogens with two attached hydrogens (primary N) is 1. The Hall–Kier alpha value is -4.96. The van der Waals surface area contributed by atoms with Gasteiger partial charge in [-0.3, -0.25) is 42.9 Å². The minimum atomic E-state index is -4.48. The van der Waals surface area contributed by atoms with Crippen molar-refractivity contribution >= 4 is 55.1 Å². The number of primary amides is 1. The van der Waals surface area contributed by atoms with Gasteiger partial charge in [-0.2, -0.15) is 0 Å². The van der Waals surface area contributed by atoms with Crippen molar-refractivity contribution in [2.75, 3.05) is 27.4 Å². The molecule has 1 aliphatic heterocycles. The molecule has 0 bridgehead atoms. The number of hydrogen-bond donors (Lipinski definition) is 9. The van der Waals surface area contributed by atoms with E-state index in [1.807, 2.05) is 13.8 Å². The number of carbonyl (C=O) groups is 8. The Balaban J connectivity index is 2.30. The van der Waals surface area contributed by atoms with Gasteiger partial charge < -0.3 is 56.0 Å². The molecule has 0 aliphatic carbocycles. The molecule has 0 radical (unpaired) electrons. The number of methoxy groups -OCH3 is 2. The van der Waals surface area contributed by atoms with Crippen molar-refractivity contribution in [3.05, 3.63) is 18.2 Å². The van der Waals surface area contributed by atoms with Crippen molar-refractivity contribution in [3.63, 3.8) is 0 Å². The second kappa shape index (κ2) is 22.8. The third-order valence-electron chi connectivity index (χ3n) is 8.95. The maximum absolute atomic E-state index is 13.9. The van der Waals surface area contributed by atoms with E-state index < -0.39 is 104 Å². The third kappa shape index (κ3) is 14.8. The van der Waals surface area contributed by atoms with Gasteiger partial charge in [-0.1, -0.05) is 13.8 Å². The fraction of sp³-hybridized carbons (Fsp3) is 0.676. The van der Waals surface area contributed by atoms with Gasteiger partial charge in [0.05, 0.1) is 33.3 Å². The molecule has 0 spiro atoms. The number of esters is 2. The molecule has 6 amide bonds. The number of ether oxygens (including phenoxy) is 2. The molecule has 2 rings (SSSR count). The monoisotopic (exact) mass is 844 g/mol. The lowest BCUT2D eigenvalue weighted by atomic mass is 10.0. The zero-order chi connectivity index (χ0) is 43.9. The first-order chi connectivity index (χ1) is 27.2. The number of carbonyl (C=O) groups excluding carboxylic acids is 8. The number of aliphatic hydroxyl groups is 1. The normalized spacial score (nSPS) is 17.8. The number of aromatic amines is 1. The first-order valence-corrected chi connectivity index (χ1v) is 20.1. The predicted octanol–water partition coefficient (Wildman–Crippen LogP) is -2.76. The smallest absolute Gasteiger partial charge is 0.342 e. The summed E-state index contributed by atoms with van der Waals surface area (Å²) in [4.78, 5) is 111. The fourth-order valence-electron chi connectivity index (χ4n) is 5.99. The van der Waals surface area contributed by atoms with Crippen LogP contribution < -0.4 is 37.2 Å². The van der Waals surface area contributed by atoms with E-state index in [0.717, 1.165) is 14.2 Å². The predicted molar refractivity (Wildman–Crippen MR) is 204 cm³/mol. The number of rotatable bonds is 23. The van der Waals surface area contributed by atoms with Crippen LogP contribution in [0.4, 0.5) is 0 Å². The highest BCUT2D eigenvalue weighted by Gasteiger charge is 2.40. The van der Waals surface area contributed by atoms with Gasteiger partial charge >= 0.3 is 19.6 Å². The van der Waals surface area contributed by atoms with Crippen LogP contribution in [0.25, 0.3) is 0 Å². The van der Waals surface area contributed by atoms with E-state index in [1.54, 1.807) is 0 Å². The molecule has 8 atom stereocenters. The van der Waals surface area contributed by atoms with Gasteiger partial charge in [-0.05, 0) is 46.0 Å². The Labute approximate surface area is 335 Å². The molecular formula is C34H57N10O13P. The van der Waals surface area contributed by atoms with Crippen molar-refractivity contribution in [3.8, 4) is 0 Å². The number of imidazole rings is 1. The highest BCUT2D eigenvalue weighted by atomic mass is 31.2. The molecule has 1 aromatic heterocycles. The summed E-state index contributed by atoms with van der Waals surface area (Å²) in [6, 6.07) is -9.38. The Morgan fingerprint density at radius 1 is 0.897 bits per heavy atom. The van der Waals surface area contributed by atoms with Crippen molar-refractivity contribution < 1.29 is 62.0 Å². The summed E-state index contributed by atoms with van der Waals surface area (Å²) in [5.74, 6) is -6.69. The SMILES string of the molecule is COC(=O)[C@H](C)NP(=O)(N[C@@H](C)C(=O)OC)O[C@H](C)[C@H](NC(=O)[C@H](CO)NC(=O)[C@H](Cc1cnc[nH]1)NC(=O)[C@H](CC(C)C)NC(=O)[C@@H]1CCCN1C(C)=O)C(N)=O. The summed E-state index contributed by atoms with van der Waals surface area (Å²) in [7, 11) is -2.32. The van der Waals surface area contributed by atoms with E-state index in [2.05, 4.69) is 50.9 Å². The van der Waals surface area contributed by atoms with Crippen LogP contribution in [-0.4, -0.2) is 143 Å². The van der Waals surface area contributed by atoms with Gasteiger partial charge in [0.25, 0.3) is 0 Å². The van der Waals surface area contributed by atoms with Crippen LogP contribution >= 0.6 is 7.67 Å². The molecule has 326 valence electrons. The quantitative estimate of drug-likeness (QED) is 0.0398. The zero-order valence-electron chi connectivity index (χ0n) is 33.9. The van der Waals surface area contributed by atoms with E-state index in [0.29, 0.717) is 25.1 Å². The van der Waals surface area contributed by atoms with E-state index in [4.69, 9.17) is 10.3 Å². The number of likely N-dealkylation sites (tertiary alicyclic amines) is 1. The molecule has 58 heavy (non-hydrogen) atoms. The molecule has 0 unspecified atom stereocenters. The molecule has 23 nitrogen and oxygen atoms in total. The minimum Gasteiger partial charge on any atom is -0.468 e. The Bertz CT molecular complexity index is 1630. The van der Waals surface area contributed by atoms with Crippen LogP contribution in [0.1, 0.15) is 66.5 Å². The third-order valence-corrected chi connectivity index (χ3v) is 11.0. The first kappa shape index (κ1) is 49.2. The molecule has 0 saturated carbocycles. The maximum Gasteiger partial charge on any atom is 0.342 e. The van der Waals surface area contributed by atoms with Crippen LogP contribution in [0.15, 0.2) is 12.5 Å². The van der Waals surface area contributed by atoms with Crippen LogP contribution in [0, 0.1) is 5.92 Å². The van der Waals surface area contributed by atoms with E-state index in [1.165, 1.54) is 45.1 Å². The highest BCUT2D eigenvalue weighted by molar-refractivity contribution is 7.54. The zero-order valence-corrected chi connectivity index (χ0v) is 34.8. The molecule has 1 aliphatic rings. The second-order valence-electron chi connectivity index (χ2n) is 14.1. The first-order valence-electron chi connectivity index (χ1n) is 18.5. The molecule has 1 saturated heterocycles. The van der Waals surface area contributed by atoms with Crippen molar-refractivity contribution in [2.45, 2.75) is 116 Å². The fourth-order valence-corrected chi connectivity index (χ4v) is 8.00. The molecule has 0 aromatic carbocycles. The number of amides is 6. The van der Waals surface area contributed by atoms with E-state index >= 15 is 0 Å². The summed E-state index contributed by atoms with van der Waals surface area (Å²) in [5, 5.41) is 24.9. The molecule has 1 aromatic rings. The van der Waals surface area contributed by atoms with Crippen molar-refractivity contribution in [2.24, 2.45) is 11.7 Å². The van der Waals surface area contributed by atoms with E-state index in [9.17, 15) is 48.0 Å². The number of hydrogen-bond acceptors (Lipinski definition) is 14. The Morgan fingerprint density at radius 2 is 1.45 bits per heavy atom. The molecular weight excluding hydrogens is 787 g/mol. The second-order valence-corrected chi connectivity index (χ2v) is 16.0. The van der Waals surface area contributed by atoms with Crippen LogP contribution in [0.2, 0.25) is 0 Å². The average molecular weight is 845 g/mol. The summed E-state index contributed by atoms with van der Waals surface area (Å²) in [6.45, 7) is 8.13. The lowest BCUT2D eigenvalue weighted by molar-refractivity contribution is -0.142. The number of nitrogens with zero attached hydrogens (tertiary/aromatic N) is 2. The average Bonchev–Trinajstić information content (AvgIpc) is 3.87. The van der Waals surface area contributed by atoms with Crippen molar-refractivity contribution in [1.29, 1.82) is 0 Å². The number of H-pyrrole nitrogens is 1. The minimum absolute atomic E-state index is 0.0940.